The Hall–Kier alpha value is -3.05. The van der Waals surface area contributed by atoms with Crippen LogP contribution >= 0.6 is 11.3 Å². The lowest BCUT2D eigenvalue weighted by Gasteiger charge is -2.10. The van der Waals surface area contributed by atoms with E-state index in [0.717, 1.165) is 27.5 Å². The summed E-state index contributed by atoms with van der Waals surface area (Å²) in [5.74, 6) is 1.60. The van der Waals surface area contributed by atoms with Gasteiger partial charge in [0.2, 0.25) is 0 Å². The fourth-order valence-corrected chi connectivity index (χ4v) is 3.89. The summed E-state index contributed by atoms with van der Waals surface area (Å²) < 4.78 is 0. The molecular weight excluding hydrogens is 354 g/mol. The average molecular weight is 373 g/mol. The first kappa shape index (κ1) is 17.4. The average Bonchev–Trinajstić information content (AvgIpc) is 3.03. The Balaban J connectivity index is 1.74. The minimum Gasteiger partial charge on any atom is -0.340 e. The largest absolute Gasteiger partial charge is 0.340 e. The van der Waals surface area contributed by atoms with Crippen LogP contribution in [0.3, 0.4) is 0 Å². The van der Waals surface area contributed by atoms with Gasteiger partial charge in [0, 0.05) is 22.5 Å². The van der Waals surface area contributed by atoms with Crippen LogP contribution in [0.25, 0.3) is 10.2 Å². The Morgan fingerprint density at radius 2 is 1.85 bits per heavy atom. The lowest BCUT2D eigenvalue weighted by atomic mass is 10.1. The van der Waals surface area contributed by atoms with Crippen LogP contribution in [-0.2, 0) is 6.42 Å². The van der Waals surface area contributed by atoms with Crippen molar-refractivity contribution in [3.63, 3.8) is 0 Å². The molecule has 0 aliphatic rings. The number of fused-ring (bicyclic) bond motifs is 1. The minimum absolute atomic E-state index is 0.0441. The van der Waals surface area contributed by atoms with E-state index in [4.69, 9.17) is 9.97 Å². The van der Waals surface area contributed by atoms with Gasteiger partial charge >= 0.3 is 0 Å². The molecule has 134 valence electrons. The van der Waals surface area contributed by atoms with E-state index in [0.29, 0.717) is 12.0 Å². The summed E-state index contributed by atoms with van der Waals surface area (Å²) in [6.45, 7) is 3.64. The summed E-state index contributed by atoms with van der Waals surface area (Å²) in [5.41, 5.74) is 2.70. The number of carbonyl (C=O) groups excluding carboxylic acids is 1. The predicted molar refractivity (Wildman–Crippen MR) is 111 cm³/mol. The van der Waals surface area contributed by atoms with Crippen molar-refractivity contribution >= 4 is 38.8 Å². The molecule has 0 saturated heterocycles. The quantitative estimate of drug-likeness (QED) is 0.467. The number of benzene rings is 2. The van der Waals surface area contributed by atoms with Gasteiger partial charge in [-0.1, -0.05) is 42.5 Å². The van der Waals surface area contributed by atoms with Gasteiger partial charge in [0.25, 0.3) is 0 Å². The van der Waals surface area contributed by atoms with Gasteiger partial charge in [0.05, 0.1) is 5.39 Å². The van der Waals surface area contributed by atoms with Crippen LogP contribution in [0.2, 0.25) is 0 Å². The summed E-state index contributed by atoms with van der Waals surface area (Å²) in [4.78, 5) is 23.4. The van der Waals surface area contributed by atoms with Crippen LogP contribution in [0, 0.1) is 6.92 Å². The van der Waals surface area contributed by atoms with E-state index in [9.17, 15) is 4.79 Å². The lowest BCUT2D eigenvalue weighted by Crippen LogP contribution is -2.02. The fourth-order valence-electron chi connectivity index (χ4n) is 2.99. The maximum Gasteiger partial charge on any atom is 0.159 e. The Labute approximate surface area is 161 Å². The Bertz CT molecular complexity index is 1120. The molecule has 0 bridgehead atoms. The van der Waals surface area contributed by atoms with Crippen molar-refractivity contribution in [3.05, 3.63) is 82.5 Å². The van der Waals surface area contributed by atoms with Gasteiger partial charge < -0.3 is 5.32 Å². The van der Waals surface area contributed by atoms with Crippen LogP contribution in [0.15, 0.2) is 60.7 Å². The number of aryl methyl sites for hydroxylation is 1. The molecule has 0 saturated carbocycles. The second-order valence-electron chi connectivity index (χ2n) is 6.49. The third kappa shape index (κ3) is 3.88. The molecule has 0 atom stereocenters. The van der Waals surface area contributed by atoms with Crippen LogP contribution in [0.4, 0.5) is 11.5 Å². The molecule has 0 fully saturated rings. The van der Waals surface area contributed by atoms with Crippen LogP contribution < -0.4 is 5.32 Å². The lowest BCUT2D eigenvalue weighted by molar-refractivity contribution is 0.101. The van der Waals surface area contributed by atoms with E-state index in [1.54, 1.807) is 18.3 Å². The molecule has 0 unspecified atom stereocenters. The molecule has 5 heteroatoms. The normalized spacial score (nSPS) is 10.9. The molecule has 0 aliphatic carbocycles. The van der Waals surface area contributed by atoms with Gasteiger partial charge in [-0.05, 0) is 37.6 Å². The van der Waals surface area contributed by atoms with Crippen molar-refractivity contribution in [1.82, 2.24) is 9.97 Å². The maximum absolute atomic E-state index is 11.7. The topological polar surface area (TPSA) is 54.9 Å². The number of carbonyl (C=O) groups is 1. The number of aromatic nitrogens is 2. The number of thiophene rings is 1. The summed E-state index contributed by atoms with van der Waals surface area (Å²) in [7, 11) is 0. The van der Waals surface area contributed by atoms with Crippen LogP contribution in [0.5, 0.6) is 0 Å². The van der Waals surface area contributed by atoms with Gasteiger partial charge in [-0.25, -0.2) is 9.97 Å². The van der Waals surface area contributed by atoms with Crippen molar-refractivity contribution in [2.75, 3.05) is 5.32 Å². The highest BCUT2D eigenvalue weighted by Crippen LogP contribution is 2.31. The zero-order valence-corrected chi connectivity index (χ0v) is 16.0. The van der Waals surface area contributed by atoms with E-state index in [1.165, 1.54) is 10.4 Å². The van der Waals surface area contributed by atoms with Crippen molar-refractivity contribution in [3.8, 4) is 0 Å². The zero-order chi connectivity index (χ0) is 18.8. The minimum atomic E-state index is 0.0441. The Kier molecular flexibility index (Phi) is 4.69. The van der Waals surface area contributed by atoms with Crippen LogP contribution in [-0.4, -0.2) is 15.8 Å². The molecule has 4 aromatic rings. The highest BCUT2D eigenvalue weighted by atomic mass is 32.1. The van der Waals surface area contributed by atoms with E-state index < -0.39 is 0 Å². The number of Topliss-reactive ketones (excluding diaryl/α,β-unsaturated/α-hetero) is 1. The molecule has 4 nitrogen and oxygen atoms in total. The maximum atomic E-state index is 11.7. The Morgan fingerprint density at radius 3 is 2.63 bits per heavy atom. The molecule has 2 aromatic heterocycles. The third-order valence-electron chi connectivity index (χ3n) is 4.30. The molecule has 0 aliphatic heterocycles. The molecule has 0 spiro atoms. The number of ketones is 1. The highest BCUT2D eigenvalue weighted by Gasteiger charge is 2.12. The van der Waals surface area contributed by atoms with E-state index in [1.807, 2.05) is 42.5 Å². The standard InChI is InChI=1S/C22H19N3OS/c1-14-11-19-21(23-18-10-6-9-17(13-18)15(2)26)24-20(25-22(19)27-14)12-16-7-4-3-5-8-16/h3-11,13H,12H2,1-2H3,(H,23,24,25). The summed E-state index contributed by atoms with van der Waals surface area (Å²) >= 11 is 1.66. The number of nitrogens with zero attached hydrogens (tertiary/aromatic N) is 2. The third-order valence-corrected chi connectivity index (χ3v) is 5.24. The molecule has 1 N–H and O–H groups in total. The predicted octanol–water partition coefficient (Wildman–Crippen LogP) is 5.54. The molecular formula is C22H19N3OS. The zero-order valence-electron chi connectivity index (χ0n) is 15.2. The molecule has 2 aromatic carbocycles. The second-order valence-corrected chi connectivity index (χ2v) is 7.72. The number of rotatable bonds is 5. The molecule has 2 heterocycles. The number of hydrogen-bond donors (Lipinski definition) is 1. The van der Waals surface area contributed by atoms with Crippen molar-refractivity contribution < 1.29 is 4.79 Å². The number of hydrogen-bond acceptors (Lipinski definition) is 5. The van der Waals surface area contributed by atoms with E-state index >= 15 is 0 Å². The van der Waals surface area contributed by atoms with Gasteiger partial charge in [-0.2, -0.15) is 0 Å². The van der Waals surface area contributed by atoms with Gasteiger partial charge in [-0.15, -0.1) is 11.3 Å². The van der Waals surface area contributed by atoms with E-state index in [2.05, 4.69) is 30.4 Å². The molecule has 0 amide bonds. The Morgan fingerprint density at radius 1 is 1.04 bits per heavy atom. The first-order chi connectivity index (χ1) is 13.1. The van der Waals surface area contributed by atoms with Crippen molar-refractivity contribution in [1.29, 1.82) is 0 Å². The van der Waals surface area contributed by atoms with Gasteiger partial charge in [0.1, 0.15) is 16.5 Å². The van der Waals surface area contributed by atoms with E-state index in [-0.39, 0.29) is 5.78 Å². The molecule has 4 rings (SSSR count). The SMILES string of the molecule is CC(=O)c1cccc(Nc2nc(Cc3ccccc3)nc3sc(C)cc23)c1. The highest BCUT2D eigenvalue weighted by molar-refractivity contribution is 7.18. The van der Waals surface area contributed by atoms with Gasteiger partial charge in [0.15, 0.2) is 5.78 Å². The summed E-state index contributed by atoms with van der Waals surface area (Å²) in [6.07, 6.45) is 0.676. The number of anilines is 2. The van der Waals surface area contributed by atoms with Crippen molar-refractivity contribution in [2.24, 2.45) is 0 Å². The summed E-state index contributed by atoms with van der Waals surface area (Å²) in [5, 5.41) is 4.39. The summed E-state index contributed by atoms with van der Waals surface area (Å²) in [6, 6.07) is 19.8. The number of nitrogens with one attached hydrogen (secondary N) is 1. The molecule has 0 radical (unpaired) electrons. The molecule has 27 heavy (non-hydrogen) atoms. The van der Waals surface area contributed by atoms with Crippen molar-refractivity contribution in [2.45, 2.75) is 20.3 Å². The smallest absolute Gasteiger partial charge is 0.159 e. The monoisotopic (exact) mass is 373 g/mol. The fraction of sp³-hybridized carbons (Fsp3) is 0.136. The van der Waals surface area contributed by atoms with Gasteiger partial charge in [-0.3, -0.25) is 4.79 Å². The first-order valence-corrected chi connectivity index (χ1v) is 9.59. The first-order valence-electron chi connectivity index (χ1n) is 8.77. The van der Waals surface area contributed by atoms with Crippen LogP contribution in [0.1, 0.15) is 33.5 Å². The second kappa shape index (κ2) is 7.29.